The third kappa shape index (κ3) is 1.36. The van der Waals surface area contributed by atoms with E-state index in [1.165, 1.54) is 11.3 Å². The molecule has 8 heavy (non-hydrogen) atoms. The normalized spacial score (nSPS) is 6.88. The van der Waals surface area contributed by atoms with Crippen molar-refractivity contribution in [3.05, 3.63) is 16.6 Å². The predicted molar refractivity (Wildman–Crippen MR) is 36.8 cm³/mol. The summed E-state index contributed by atoms with van der Waals surface area (Å²) in [5, 5.41) is 1.83. The molecular formula is C6H7NS. The number of hydrogen-bond donors (Lipinski definition) is 0. The highest BCUT2D eigenvalue weighted by atomic mass is 32.1. The summed E-state index contributed by atoms with van der Waals surface area (Å²) in [4.78, 5) is 3.82. The van der Waals surface area contributed by atoms with Gasteiger partial charge in [0.1, 0.15) is 5.69 Å². The van der Waals surface area contributed by atoms with Crippen LogP contribution in [0.15, 0.2) is 10.9 Å². The lowest BCUT2D eigenvalue weighted by Gasteiger charge is -1.65. The van der Waals surface area contributed by atoms with Crippen LogP contribution in [0.1, 0.15) is 13.1 Å². The first-order chi connectivity index (χ1) is 3.43. The third-order valence-electron chi connectivity index (χ3n) is 0.580. The van der Waals surface area contributed by atoms with E-state index in [-0.39, 0.29) is 7.43 Å². The molecule has 1 aromatic heterocycles. The monoisotopic (exact) mass is 125 g/mol. The second-order valence-electron chi connectivity index (χ2n) is 1.02. The Bertz CT molecular complexity index is 171. The zero-order valence-corrected chi connectivity index (χ0v) is 4.40. The van der Waals surface area contributed by atoms with Crippen LogP contribution in [-0.4, -0.2) is 4.98 Å². The predicted octanol–water partition coefficient (Wildman–Crippen LogP) is 1.76. The van der Waals surface area contributed by atoms with Crippen LogP contribution < -0.4 is 0 Å². The second-order valence-corrected chi connectivity index (χ2v) is 1.74. The first-order valence-electron chi connectivity index (χ1n) is 1.78. The van der Waals surface area contributed by atoms with Crippen molar-refractivity contribution in [3.8, 4) is 12.3 Å². The summed E-state index contributed by atoms with van der Waals surface area (Å²) in [6, 6.07) is 0. The van der Waals surface area contributed by atoms with Crippen molar-refractivity contribution in [2.45, 2.75) is 7.43 Å². The van der Waals surface area contributed by atoms with Crippen LogP contribution in [0, 0.1) is 12.3 Å². The summed E-state index contributed by atoms with van der Waals surface area (Å²) in [5.74, 6) is 2.41. The van der Waals surface area contributed by atoms with Gasteiger partial charge in [0.2, 0.25) is 0 Å². The van der Waals surface area contributed by atoms with E-state index >= 15 is 0 Å². The molecule has 0 aliphatic heterocycles. The first-order valence-corrected chi connectivity index (χ1v) is 2.72. The van der Waals surface area contributed by atoms with Crippen molar-refractivity contribution in [1.29, 1.82) is 0 Å². The molecule has 2 heteroatoms. The Labute approximate surface area is 53.4 Å². The number of rotatable bonds is 0. The highest BCUT2D eigenvalue weighted by Gasteiger charge is 1.80. The van der Waals surface area contributed by atoms with E-state index in [1.807, 2.05) is 5.38 Å². The van der Waals surface area contributed by atoms with Crippen molar-refractivity contribution in [1.82, 2.24) is 4.98 Å². The van der Waals surface area contributed by atoms with Crippen LogP contribution in [0.25, 0.3) is 0 Å². The average Bonchev–Trinajstić information content (AvgIpc) is 2.14. The van der Waals surface area contributed by atoms with E-state index < -0.39 is 0 Å². The Hall–Kier alpha value is -0.810. The molecule has 0 atom stereocenters. The molecule has 0 amide bonds. The summed E-state index contributed by atoms with van der Waals surface area (Å²) in [5.41, 5.74) is 2.44. The first kappa shape index (κ1) is 7.19. The van der Waals surface area contributed by atoms with Crippen LogP contribution in [-0.2, 0) is 0 Å². The van der Waals surface area contributed by atoms with Gasteiger partial charge in [0.15, 0.2) is 0 Å². The maximum atomic E-state index is 4.99. The van der Waals surface area contributed by atoms with Gasteiger partial charge in [-0.15, -0.1) is 17.8 Å². The summed E-state index contributed by atoms with van der Waals surface area (Å²) < 4.78 is 0. The fourth-order valence-corrected chi connectivity index (χ4v) is 0.777. The fourth-order valence-electron chi connectivity index (χ4n) is 0.284. The van der Waals surface area contributed by atoms with E-state index in [0.717, 1.165) is 5.69 Å². The van der Waals surface area contributed by atoms with Crippen LogP contribution >= 0.6 is 11.3 Å². The van der Waals surface area contributed by atoms with E-state index in [1.54, 1.807) is 5.51 Å². The van der Waals surface area contributed by atoms with Crippen LogP contribution in [0.2, 0.25) is 0 Å². The minimum atomic E-state index is 0. The third-order valence-corrected chi connectivity index (χ3v) is 1.17. The second kappa shape index (κ2) is 3.23. The van der Waals surface area contributed by atoms with Crippen LogP contribution in [0.5, 0.6) is 0 Å². The molecule has 0 aromatic carbocycles. The van der Waals surface area contributed by atoms with Gasteiger partial charge in [0, 0.05) is 5.38 Å². The van der Waals surface area contributed by atoms with E-state index in [4.69, 9.17) is 6.42 Å². The largest absolute Gasteiger partial charge is 0.236 e. The molecule has 1 aromatic rings. The maximum absolute atomic E-state index is 4.99. The zero-order valence-electron chi connectivity index (χ0n) is 3.59. The SMILES string of the molecule is C.C#Cc1cscn1. The summed E-state index contributed by atoms with van der Waals surface area (Å²) in [6.07, 6.45) is 4.99. The fraction of sp³-hybridized carbons (Fsp3) is 0.167. The molecule has 0 spiro atoms. The van der Waals surface area contributed by atoms with Gasteiger partial charge < -0.3 is 0 Å². The molecule has 1 rings (SSSR count). The minimum absolute atomic E-state index is 0. The molecule has 0 saturated heterocycles. The highest BCUT2D eigenvalue weighted by Crippen LogP contribution is 1.96. The Morgan fingerprint density at radius 1 is 1.75 bits per heavy atom. The molecule has 0 radical (unpaired) electrons. The van der Waals surface area contributed by atoms with Crippen molar-refractivity contribution >= 4 is 11.3 Å². The van der Waals surface area contributed by atoms with Crippen LogP contribution in [0.4, 0.5) is 0 Å². The van der Waals surface area contributed by atoms with Gasteiger partial charge in [-0.3, -0.25) is 0 Å². The molecule has 0 aliphatic rings. The molecule has 0 fully saturated rings. The molecular weight excluding hydrogens is 118 g/mol. The number of thiazole rings is 1. The summed E-state index contributed by atoms with van der Waals surface area (Å²) in [6.45, 7) is 0. The van der Waals surface area contributed by atoms with Crippen molar-refractivity contribution in [3.63, 3.8) is 0 Å². The molecule has 1 nitrogen and oxygen atoms in total. The van der Waals surface area contributed by atoms with Gasteiger partial charge >= 0.3 is 0 Å². The highest BCUT2D eigenvalue weighted by molar-refractivity contribution is 7.07. The van der Waals surface area contributed by atoms with Gasteiger partial charge in [-0.1, -0.05) is 7.43 Å². The average molecular weight is 125 g/mol. The van der Waals surface area contributed by atoms with Gasteiger partial charge in [0.05, 0.1) is 5.51 Å². The molecule has 42 valence electrons. The summed E-state index contributed by atoms with van der Waals surface area (Å²) in [7, 11) is 0. The summed E-state index contributed by atoms with van der Waals surface area (Å²) >= 11 is 1.51. The molecule has 0 N–H and O–H groups in total. The molecule has 1 heterocycles. The molecule has 0 saturated carbocycles. The standard InChI is InChI=1S/C5H3NS.CH4/c1-2-5-3-7-4-6-5;/h1,3-4H;1H4. The van der Waals surface area contributed by atoms with Gasteiger partial charge in [-0.2, -0.15) is 0 Å². The van der Waals surface area contributed by atoms with Gasteiger partial charge in [-0.05, 0) is 5.92 Å². The Morgan fingerprint density at radius 2 is 2.50 bits per heavy atom. The molecule has 0 unspecified atom stereocenters. The topological polar surface area (TPSA) is 12.9 Å². The number of aromatic nitrogens is 1. The lowest BCUT2D eigenvalue weighted by Crippen LogP contribution is -1.64. The zero-order chi connectivity index (χ0) is 5.11. The maximum Gasteiger partial charge on any atom is 0.123 e. The Kier molecular flexibility index (Phi) is 2.90. The smallest absolute Gasteiger partial charge is 0.123 e. The Morgan fingerprint density at radius 3 is 2.75 bits per heavy atom. The van der Waals surface area contributed by atoms with Crippen LogP contribution in [0.3, 0.4) is 0 Å². The van der Waals surface area contributed by atoms with E-state index in [2.05, 4.69) is 10.9 Å². The lowest BCUT2D eigenvalue weighted by atomic mass is 10.5. The lowest BCUT2D eigenvalue weighted by molar-refractivity contribution is 1.38. The molecule has 0 aliphatic carbocycles. The van der Waals surface area contributed by atoms with Crippen molar-refractivity contribution < 1.29 is 0 Å². The quantitative estimate of drug-likeness (QED) is 0.481. The number of hydrogen-bond acceptors (Lipinski definition) is 2. The van der Waals surface area contributed by atoms with E-state index in [9.17, 15) is 0 Å². The molecule has 0 bridgehead atoms. The van der Waals surface area contributed by atoms with Crippen molar-refractivity contribution in [2.24, 2.45) is 0 Å². The van der Waals surface area contributed by atoms with Crippen molar-refractivity contribution in [2.75, 3.05) is 0 Å². The number of terminal acetylenes is 1. The van der Waals surface area contributed by atoms with Gasteiger partial charge in [0.25, 0.3) is 0 Å². The minimum Gasteiger partial charge on any atom is -0.236 e. The number of nitrogens with zero attached hydrogens (tertiary/aromatic N) is 1. The van der Waals surface area contributed by atoms with Gasteiger partial charge in [-0.25, -0.2) is 4.98 Å². The Balaban J connectivity index is 0.000000490. The van der Waals surface area contributed by atoms with E-state index in [0.29, 0.717) is 0 Å².